The maximum Gasteiger partial charge on any atom is 0.238 e. The van der Waals surface area contributed by atoms with Gasteiger partial charge in [-0.2, -0.15) is 0 Å². The Bertz CT molecular complexity index is 969. The number of anilines is 2. The summed E-state index contributed by atoms with van der Waals surface area (Å²) in [5.41, 5.74) is 3.00. The van der Waals surface area contributed by atoms with Crippen molar-refractivity contribution in [3.63, 3.8) is 0 Å². The fourth-order valence-electron chi connectivity index (χ4n) is 2.69. The Morgan fingerprint density at radius 3 is 2.07 bits per heavy atom. The summed E-state index contributed by atoms with van der Waals surface area (Å²) in [5, 5.41) is 10.5. The number of benzene rings is 2. The van der Waals surface area contributed by atoms with E-state index in [9.17, 15) is 18.0 Å². The number of carbonyl (C=O) groups is 2. The number of aryl methyl sites for hydroxylation is 2. The molecule has 0 saturated heterocycles. The number of nitrogens with zero attached hydrogens (tertiary/aromatic N) is 1. The Hall–Kier alpha value is -2.75. The molecule has 28 heavy (non-hydrogen) atoms. The summed E-state index contributed by atoms with van der Waals surface area (Å²) < 4.78 is 22.8. The number of primary sulfonamides is 1. The highest BCUT2D eigenvalue weighted by molar-refractivity contribution is 7.89. The number of hydrogen-bond acceptors (Lipinski definition) is 5. The van der Waals surface area contributed by atoms with E-state index in [1.165, 1.54) is 18.2 Å². The van der Waals surface area contributed by atoms with Gasteiger partial charge < -0.3 is 10.6 Å². The van der Waals surface area contributed by atoms with Crippen molar-refractivity contribution in [1.82, 2.24) is 4.90 Å². The van der Waals surface area contributed by atoms with Gasteiger partial charge in [-0.25, -0.2) is 13.6 Å². The molecule has 0 fully saturated rings. The molecule has 150 valence electrons. The molecule has 0 aliphatic heterocycles. The molecule has 0 saturated carbocycles. The summed E-state index contributed by atoms with van der Waals surface area (Å²) in [6.45, 7) is 3.81. The maximum atomic E-state index is 12.3. The second-order valence-corrected chi connectivity index (χ2v) is 8.17. The van der Waals surface area contributed by atoms with Gasteiger partial charge in [0.25, 0.3) is 0 Å². The lowest BCUT2D eigenvalue weighted by Crippen LogP contribution is -2.36. The quantitative estimate of drug-likeness (QED) is 0.645. The molecule has 2 amide bonds. The van der Waals surface area contributed by atoms with E-state index in [4.69, 9.17) is 5.14 Å². The smallest absolute Gasteiger partial charge is 0.238 e. The van der Waals surface area contributed by atoms with Gasteiger partial charge in [0.1, 0.15) is 0 Å². The van der Waals surface area contributed by atoms with Crippen LogP contribution in [0.15, 0.2) is 47.4 Å². The third kappa shape index (κ3) is 6.15. The van der Waals surface area contributed by atoms with Crippen molar-refractivity contribution < 1.29 is 18.0 Å². The topological polar surface area (TPSA) is 122 Å². The summed E-state index contributed by atoms with van der Waals surface area (Å²) in [6.07, 6.45) is 0. The van der Waals surface area contributed by atoms with Crippen LogP contribution in [0.5, 0.6) is 0 Å². The minimum Gasteiger partial charge on any atom is -0.325 e. The van der Waals surface area contributed by atoms with E-state index in [0.717, 1.165) is 16.8 Å². The van der Waals surface area contributed by atoms with E-state index in [1.807, 2.05) is 32.0 Å². The minimum atomic E-state index is -3.85. The van der Waals surface area contributed by atoms with E-state index in [0.29, 0.717) is 5.69 Å². The SMILES string of the molecule is Cc1cccc(C)c1NC(=O)CN(C)CC(=O)Nc1cccc(S(N)(=O)=O)c1. The molecule has 2 rings (SSSR count). The molecule has 4 N–H and O–H groups in total. The molecule has 0 aliphatic rings. The molecule has 0 radical (unpaired) electrons. The summed E-state index contributed by atoms with van der Waals surface area (Å²) in [7, 11) is -2.21. The Morgan fingerprint density at radius 2 is 1.50 bits per heavy atom. The van der Waals surface area contributed by atoms with Gasteiger partial charge in [-0.3, -0.25) is 14.5 Å². The molecule has 2 aromatic carbocycles. The van der Waals surface area contributed by atoms with Crippen LogP contribution in [-0.2, 0) is 19.6 Å². The Balaban J connectivity index is 1.91. The number of amides is 2. The van der Waals surface area contributed by atoms with Crippen molar-refractivity contribution in [3.05, 3.63) is 53.6 Å². The first-order valence-corrected chi connectivity index (χ1v) is 10.1. The van der Waals surface area contributed by atoms with Gasteiger partial charge in [0, 0.05) is 11.4 Å². The second-order valence-electron chi connectivity index (χ2n) is 6.61. The minimum absolute atomic E-state index is 0.0262. The number of nitrogens with one attached hydrogen (secondary N) is 2. The van der Waals surface area contributed by atoms with Gasteiger partial charge in [0.15, 0.2) is 0 Å². The first-order valence-electron chi connectivity index (χ1n) is 8.53. The molecular formula is C19H24N4O4S. The van der Waals surface area contributed by atoms with E-state index >= 15 is 0 Å². The van der Waals surface area contributed by atoms with E-state index in [1.54, 1.807) is 18.0 Å². The van der Waals surface area contributed by atoms with Crippen LogP contribution in [0.25, 0.3) is 0 Å². The molecular weight excluding hydrogens is 380 g/mol. The lowest BCUT2D eigenvalue weighted by Gasteiger charge is -2.17. The van der Waals surface area contributed by atoms with E-state index < -0.39 is 10.0 Å². The first kappa shape index (κ1) is 21.5. The average molecular weight is 404 g/mol. The van der Waals surface area contributed by atoms with Crippen molar-refractivity contribution in [2.24, 2.45) is 5.14 Å². The van der Waals surface area contributed by atoms with Gasteiger partial charge in [-0.15, -0.1) is 0 Å². The summed E-state index contributed by atoms with van der Waals surface area (Å²) >= 11 is 0. The van der Waals surface area contributed by atoms with Crippen molar-refractivity contribution in [2.45, 2.75) is 18.7 Å². The zero-order valence-electron chi connectivity index (χ0n) is 16.0. The number of para-hydroxylation sites is 1. The summed E-state index contributed by atoms with van der Waals surface area (Å²) in [5.74, 6) is -0.613. The van der Waals surface area contributed by atoms with Crippen LogP contribution in [0.2, 0.25) is 0 Å². The molecule has 0 spiro atoms. The Morgan fingerprint density at radius 1 is 0.964 bits per heavy atom. The number of hydrogen-bond donors (Lipinski definition) is 3. The molecule has 0 unspecified atom stereocenters. The zero-order chi connectivity index (χ0) is 20.9. The third-order valence-corrected chi connectivity index (χ3v) is 4.93. The fourth-order valence-corrected chi connectivity index (χ4v) is 3.25. The molecule has 8 nitrogen and oxygen atoms in total. The van der Waals surface area contributed by atoms with Crippen LogP contribution in [-0.4, -0.2) is 45.3 Å². The largest absolute Gasteiger partial charge is 0.325 e. The second kappa shape index (κ2) is 8.96. The van der Waals surface area contributed by atoms with Gasteiger partial charge in [0.05, 0.1) is 18.0 Å². The van der Waals surface area contributed by atoms with Crippen LogP contribution in [0, 0.1) is 13.8 Å². The molecule has 0 heterocycles. The predicted molar refractivity (Wildman–Crippen MR) is 108 cm³/mol. The van der Waals surface area contributed by atoms with Crippen LogP contribution in [0.4, 0.5) is 11.4 Å². The Kier molecular flexibility index (Phi) is 6.90. The van der Waals surface area contributed by atoms with Gasteiger partial charge in [0.2, 0.25) is 21.8 Å². The lowest BCUT2D eigenvalue weighted by molar-refractivity contribution is -0.119. The van der Waals surface area contributed by atoms with Crippen molar-refractivity contribution in [3.8, 4) is 0 Å². The standard InChI is InChI=1S/C19H24N4O4S/c1-13-6-4-7-14(2)19(13)22-18(25)12-23(3)11-17(24)21-15-8-5-9-16(10-15)28(20,26)27/h4-10H,11-12H2,1-3H3,(H,21,24)(H,22,25)(H2,20,26,27). The highest BCUT2D eigenvalue weighted by atomic mass is 32.2. The number of nitrogens with two attached hydrogens (primary N) is 1. The van der Waals surface area contributed by atoms with Crippen LogP contribution >= 0.6 is 0 Å². The van der Waals surface area contributed by atoms with Crippen molar-refractivity contribution >= 4 is 33.2 Å². The van der Waals surface area contributed by atoms with Crippen molar-refractivity contribution in [2.75, 3.05) is 30.8 Å². The monoisotopic (exact) mass is 404 g/mol. The number of likely N-dealkylation sites (N-methyl/N-ethyl adjacent to an activating group) is 1. The summed E-state index contributed by atoms with van der Waals surface area (Å²) in [6, 6.07) is 11.4. The fraction of sp³-hybridized carbons (Fsp3) is 0.263. The predicted octanol–water partition coefficient (Wildman–Crippen LogP) is 1.46. The molecule has 2 aromatic rings. The maximum absolute atomic E-state index is 12.3. The molecule has 0 aliphatic carbocycles. The normalized spacial score (nSPS) is 11.3. The summed E-state index contributed by atoms with van der Waals surface area (Å²) in [4.78, 5) is 25.9. The first-order chi connectivity index (χ1) is 13.1. The number of rotatable bonds is 7. The zero-order valence-corrected chi connectivity index (χ0v) is 16.8. The molecule has 0 bridgehead atoms. The van der Waals surface area contributed by atoms with E-state index in [-0.39, 0.29) is 29.8 Å². The van der Waals surface area contributed by atoms with Gasteiger partial charge >= 0.3 is 0 Å². The molecule has 0 atom stereocenters. The van der Waals surface area contributed by atoms with Gasteiger partial charge in [-0.1, -0.05) is 24.3 Å². The average Bonchev–Trinajstić information content (AvgIpc) is 2.57. The third-order valence-electron chi connectivity index (χ3n) is 4.02. The lowest BCUT2D eigenvalue weighted by atomic mass is 10.1. The number of carbonyl (C=O) groups excluding carboxylic acids is 2. The van der Waals surface area contributed by atoms with Crippen LogP contribution in [0.3, 0.4) is 0 Å². The van der Waals surface area contributed by atoms with Crippen LogP contribution in [0.1, 0.15) is 11.1 Å². The number of sulfonamides is 1. The molecule has 9 heteroatoms. The van der Waals surface area contributed by atoms with Gasteiger partial charge in [-0.05, 0) is 50.2 Å². The highest BCUT2D eigenvalue weighted by Crippen LogP contribution is 2.19. The van der Waals surface area contributed by atoms with Crippen molar-refractivity contribution in [1.29, 1.82) is 0 Å². The van der Waals surface area contributed by atoms with E-state index in [2.05, 4.69) is 10.6 Å². The Labute approximate surface area is 164 Å². The highest BCUT2D eigenvalue weighted by Gasteiger charge is 2.14. The molecule has 0 aromatic heterocycles. The van der Waals surface area contributed by atoms with Crippen LogP contribution < -0.4 is 15.8 Å².